The standard InChI is InChI=1S/C12H18BrNO3.ClH/c1-16-12-3-2-11(13)8-10(12)9-14-4-6-17-7-5-15;/h2-3,8,14-15H,4-7,9H2,1H3;1H/p-1. The highest BCUT2D eigenvalue weighted by Crippen LogP contribution is 2.22. The van der Waals surface area contributed by atoms with E-state index in [1.165, 1.54) is 0 Å². The number of rotatable bonds is 8. The molecule has 0 radical (unpaired) electrons. The van der Waals surface area contributed by atoms with E-state index in [0.29, 0.717) is 13.2 Å². The van der Waals surface area contributed by atoms with Gasteiger partial charge in [-0.2, -0.15) is 0 Å². The van der Waals surface area contributed by atoms with E-state index >= 15 is 0 Å². The van der Waals surface area contributed by atoms with E-state index in [9.17, 15) is 0 Å². The Bertz CT molecular complexity index is 339. The molecule has 6 heteroatoms. The Morgan fingerprint density at radius 2 is 2.11 bits per heavy atom. The fourth-order valence-corrected chi connectivity index (χ4v) is 1.83. The predicted octanol–water partition coefficient (Wildman–Crippen LogP) is -1.44. The van der Waals surface area contributed by atoms with Crippen LogP contribution in [0, 0.1) is 0 Å². The summed E-state index contributed by atoms with van der Waals surface area (Å²) in [5.41, 5.74) is 1.10. The number of halogens is 2. The van der Waals surface area contributed by atoms with Crippen molar-refractivity contribution in [3.63, 3.8) is 0 Å². The molecule has 4 nitrogen and oxygen atoms in total. The lowest BCUT2D eigenvalue weighted by molar-refractivity contribution is -0.00000490. The minimum Gasteiger partial charge on any atom is -1.00 e. The minimum atomic E-state index is 0. The molecular weight excluding hydrogens is 321 g/mol. The lowest BCUT2D eigenvalue weighted by atomic mass is 10.2. The van der Waals surface area contributed by atoms with Crippen LogP contribution in [-0.2, 0) is 11.3 Å². The highest BCUT2D eigenvalue weighted by atomic mass is 79.9. The second-order valence-corrected chi connectivity index (χ2v) is 4.38. The Balaban J connectivity index is 0.00000289. The molecule has 0 aliphatic carbocycles. The fourth-order valence-electron chi connectivity index (χ4n) is 1.42. The zero-order valence-corrected chi connectivity index (χ0v) is 12.6. The maximum atomic E-state index is 8.53. The van der Waals surface area contributed by atoms with E-state index < -0.39 is 0 Å². The first-order chi connectivity index (χ1) is 8.27. The third-order valence-electron chi connectivity index (χ3n) is 2.22. The zero-order valence-electron chi connectivity index (χ0n) is 10.3. The third-order valence-corrected chi connectivity index (χ3v) is 2.71. The van der Waals surface area contributed by atoms with E-state index in [-0.39, 0.29) is 19.0 Å². The number of aliphatic hydroxyl groups excluding tert-OH is 1. The number of methoxy groups -OCH3 is 1. The molecule has 0 aromatic heterocycles. The fraction of sp³-hybridized carbons (Fsp3) is 0.500. The summed E-state index contributed by atoms with van der Waals surface area (Å²) in [5.74, 6) is 0.872. The van der Waals surface area contributed by atoms with Crippen LogP contribution in [0.1, 0.15) is 5.56 Å². The molecule has 0 saturated carbocycles. The number of ether oxygens (including phenoxy) is 2. The van der Waals surface area contributed by atoms with E-state index in [1.54, 1.807) is 7.11 Å². The van der Waals surface area contributed by atoms with Crippen LogP contribution in [0.4, 0.5) is 0 Å². The number of nitrogens with one attached hydrogen (secondary N) is 1. The predicted molar refractivity (Wildman–Crippen MR) is 70.3 cm³/mol. The molecule has 0 fully saturated rings. The van der Waals surface area contributed by atoms with Crippen LogP contribution in [0.5, 0.6) is 5.75 Å². The molecule has 2 N–H and O–H groups in total. The van der Waals surface area contributed by atoms with Gasteiger partial charge in [-0.05, 0) is 18.2 Å². The first kappa shape index (κ1) is 17.7. The average Bonchev–Trinajstić information content (AvgIpc) is 2.34. The number of hydrogen-bond donors (Lipinski definition) is 2. The van der Waals surface area contributed by atoms with Gasteiger partial charge in [-0.15, -0.1) is 0 Å². The van der Waals surface area contributed by atoms with Crippen LogP contribution < -0.4 is 22.5 Å². The van der Waals surface area contributed by atoms with Gasteiger partial charge >= 0.3 is 0 Å². The molecule has 0 unspecified atom stereocenters. The SMILES string of the molecule is COc1ccc(Br)cc1CNCCOCCO.[Cl-]. The van der Waals surface area contributed by atoms with Gasteiger partial charge < -0.3 is 32.3 Å². The maximum Gasteiger partial charge on any atom is 0.123 e. The van der Waals surface area contributed by atoms with Crippen molar-refractivity contribution in [3.8, 4) is 5.75 Å². The summed E-state index contributed by atoms with van der Waals surface area (Å²) in [4.78, 5) is 0. The molecule has 104 valence electrons. The second kappa shape index (κ2) is 10.6. The molecule has 0 amide bonds. The van der Waals surface area contributed by atoms with Crippen molar-refractivity contribution < 1.29 is 27.0 Å². The average molecular weight is 340 g/mol. The van der Waals surface area contributed by atoms with Crippen LogP contribution in [0.25, 0.3) is 0 Å². The molecule has 0 aliphatic heterocycles. The van der Waals surface area contributed by atoms with Crippen molar-refractivity contribution in [2.45, 2.75) is 6.54 Å². The summed E-state index contributed by atoms with van der Waals surface area (Å²) in [6, 6.07) is 5.91. The lowest BCUT2D eigenvalue weighted by Crippen LogP contribution is -3.00. The van der Waals surface area contributed by atoms with Gasteiger partial charge in [0.15, 0.2) is 0 Å². The van der Waals surface area contributed by atoms with Crippen LogP contribution in [0.3, 0.4) is 0 Å². The molecule has 0 atom stereocenters. The monoisotopic (exact) mass is 338 g/mol. The maximum absolute atomic E-state index is 8.53. The van der Waals surface area contributed by atoms with Gasteiger partial charge in [-0.25, -0.2) is 0 Å². The molecule has 0 bridgehead atoms. The lowest BCUT2D eigenvalue weighted by Gasteiger charge is -2.10. The van der Waals surface area contributed by atoms with Crippen LogP contribution >= 0.6 is 15.9 Å². The van der Waals surface area contributed by atoms with Gasteiger partial charge in [0.1, 0.15) is 5.75 Å². The summed E-state index contributed by atoms with van der Waals surface area (Å²) in [5, 5.41) is 11.8. The largest absolute Gasteiger partial charge is 1.00 e. The molecule has 18 heavy (non-hydrogen) atoms. The molecule has 0 spiro atoms. The van der Waals surface area contributed by atoms with Crippen molar-refractivity contribution in [1.82, 2.24) is 5.32 Å². The number of hydrogen-bond acceptors (Lipinski definition) is 4. The van der Waals surface area contributed by atoms with Gasteiger partial charge in [0, 0.05) is 23.1 Å². The zero-order chi connectivity index (χ0) is 12.5. The Morgan fingerprint density at radius 3 is 2.78 bits per heavy atom. The smallest absolute Gasteiger partial charge is 0.123 e. The van der Waals surface area contributed by atoms with E-state index in [1.807, 2.05) is 18.2 Å². The van der Waals surface area contributed by atoms with E-state index in [2.05, 4.69) is 21.2 Å². The first-order valence-electron chi connectivity index (χ1n) is 5.49. The molecular formula is C12H18BrClNO3-. The quantitative estimate of drug-likeness (QED) is 0.570. The Hall–Kier alpha value is -0.330. The van der Waals surface area contributed by atoms with Gasteiger partial charge in [0.2, 0.25) is 0 Å². The topological polar surface area (TPSA) is 50.7 Å². The van der Waals surface area contributed by atoms with Crippen LogP contribution in [0.2, 0.25) is 0 Å². The Labute approximate surface area is 122 Å². The van der Waals surface area contributed by atoms with Crippen molar-refractivity contribution in [2.24, 2.45) is 0 Å². The van der Waals surface area contributed by atoms with Crippen molar-refractivity contribution in [3.05, 3.63) is 28.2 Å². The molecule has 0 aliphatic rings. The van der Waals surface area contributed by atoms with Crippen molar-refractivity contribution in [2.75, 3.05) is 33.5 Å². The Morgan fingerprint density at radius 1 is 1.33 bits per heavy atom. The molecule has 0 heterocycles. The summed E-state index contributed by atoms with van der Waals surface area (Å²) >= 11 is 3.43. The summed E-state index contributed by atoms with van der Waals surface area (Å²) in [6.07, 6.45) is 0. The molecule has 1 aromatic rings. The van der Waals surface area contributed by atoms with Crippen LogP contribution in [-0.4, -0.2) is 38.6 Å². The Kier molecular flexibility index (Phi) is 10.4. The minimum absolute atomic E-state index is 0. The highest BCUT2D eigenvalue weighted by Gasteiger charge is 2.02. The normalized spacial score (nSPS) is 9.94. The first-order valence-corrected chi connectivity index (χ1v) is 6.29. The van der Waals surface area contributed by atoms with Gasteiger partial charge in [0.25, 0.3) is 0 Å². The van der Waals surface area contributed by atoms with Crippen molar-refractivity contribution in [1.29, 1.82) is 0 Å². The number of aliphatic hydroxyl groups is 1. The van der Waals surface area contributed by atoms with Crippen LogP contribution in [0.15, 0.2) is 22.7 Å². The van der Waals surface area contributed by atoms with E-state index in [4.69, 9.17) is 14.6 Å². The van der Waals surface area contributed by atoms with Gasteiger partial charge in [-0.3, -0.25) is 0 Å². The highest BCUT2D eigenvalue weighted by molar-refractivity contribution is 9.10. The summed E-state index contributed by atoms with van der Waals surface area (Å²) in [7, 11) is 1.66. The molecule has 0 saturated heterocycles. The number of benzene rings is 1. The summed E-state index contributed by atoms with van der Waals surface area (Å²) < 4.78 is 11.5. The summed E-state index contributed by atoms with van der Waals surface area (Å²) in [6.45, 7) is 2.53. The molecule has 1 rings (SSSR count). The van der Waals surface area contributed by atoms with E-state index in [0.717, 1.165) is 28.9 Å². The van der Waals surface area contributed by atoms with Gasteiger partial charge in [0.05, 0.1) is 26.9 Å². The second-order valence-electron chi connectivity index (χ2n) is 3.47. The van der Waals surface area contributed by atoms with Gasteiger partial charge in [-0.1, -0.05) is 15.9 Å². The third kappa shape index (κ3) is 6.56. The van der Waals surface area contributed by atoms with Crippen molar-refractivity contribution >= 4 is 15.9 Å². The molecule has 1 aromatic carbocycles.